The molecule has 0 fully saturated rings. The van der Waals surface area contributed by atoms with Crippen LogP contribution in [0.5, 0.6) is 0 Å². The van der Waals surface area contributed by atoms with E-state index in [9.17, 15) is 14.4 Å². The fraction of sp³-hybridized carbons (Fsp3) is 0.318. The Kier molecular flexibility index (Phi) is 6.52. The Morgan fingerprint density at radius 1 is 1.11 bits per heavy atom. The first-order valence-electron chi connectivity index (χ1n) is 9.39. The van der Waals surface area contributed by atoms with Crippen molar-refractivity contribution in [2.75, 3.05) is 11.9 Å². The standard InChI is InChI=1S/C22H23NO4S/c1-3-14-9-10-15(4-2)16(11-14)18(24)13-27-21(25)12-20-22(26)23-17-7-5-6-8-19(17)28-20/h5-11,20H,3-4,12-13H2,1-2H3,(H,23,26)/t20-/m0/s1. The molecule has 0 unspecified atom stereocenters. The molecule has 1 amide bonds. The lowest BCUT2D eigenvalue weighted by Crippen LogP contribution is -2.31. The van der Waals surface area contributed by atoms with Gasteiger partial charge in [0.15, 0.2) is 6.61 Å². The summed E-state index contributed by atoms with van der Waals surface area (Å²) in [5.41, 5.74) is 3.37. The van der Waals surface area contributed by atoms with Crippen molar-refractivity contribution in [3.8, 4) is 0 Å². The number of ether oxygens (including phenoxy) is 1. The Morgan fingerprint density at radius 2 is 1.89 bits per heavy atom. The quantitative estimate of drug-likeness (QED) is 0.564. The van der Waals surface area contributed by atoms with Gasteiger partial charge in [0.25, 0.3) is 0 Å². The average molecular weight is 397 g/mol. The SMILES string of the molecule is CCc1ccc(CC)c(C(=O)COC(=O)C[C@@H]2Sc3ccccc3NC2=O)c1. The number of amides is 1. The van der Waals surface area contributed by atoms with E-state index in [1.807, 2.05) is 56.3 Å². The zero-order chi connectivity index (χ0) is 20.1. The van der Waals surface area contributed by atoms with E-state index in [1.165, 1.54) is 11.8 Å². The van der Waals surface area contributed by atoms with Crippen molar-refractivity contribution >= 4 is 35.1 Å². The summed E-state index contributed by atoms with van der Waals surface area (Å²) in [5, 5.41) is 2.24. The van der Waals surface area contributed by atoms with Gasteiger partial charge in [-0.3, -0.25) is 14.4 Å². The number of carbonyl (C=O) groups is 3. The highest BCUT2D eigenvalue weighted by atomic mass is 32.2. The molecule has 0 aliphatic carbocycles. The molecular weight excluding hydrogens is 374 g/mol. The van der Waals surface area contributed by atoms with E-state index in [4.69, 9.17) is 4.74 Å². The van der Waals surface area contributed by atoms with Crippen LogP contribution in [0.25, 0.3) is 0 Å². The number of anilines is 1. The van der Waals surface area contributed by atoms with E-state index in [0.29, 0.717) is 5.56 Å². The van der Waals surface area contributed by atoms with Crippen LogP contribution in [0.1, 0.15) is 41.8 Å². The summed E-state index contributed by atoms with van der Waals surface area (Å²) in [6.45, 7) is 3.70. The van der Waals surface area contributed by atoms with Crippen molar-refractivity contribution in [1.29, 1.82) is 0 Å². The summed E-state index contributed by atoms with van der Waals surface area (Å²) in [5.74, 6) is -0.993. The van der Waals surface area contributed by atoms with Crippen LogP contribution in [0, 0.1) is 0 Å². The van der Waals surface area contributed by atoms with Gasteiger partial charge in [0.2, 0.25) is 11.7 Å². The van der Waals surface area contributed by atoms with Gasteiger partial charge in [-0.1, -0.05) is 38.1 Å². The van der Waals surface area contributed by atoms with E-state index in [2.05, 4.69) is 5.32 Å². The molecule has 0 aromatic heterocycles. The minimum atomic E-state index is -0.563. The topological polar surface area (TPSA) is 72.5 Å². The predicted octanol–water partition coefficient (Wildman–Crippen LogP) is 4.04. The predicted molar refractivity (Wildman–Crippen MR) is 110 cm³/mol. The van der Waals surface area contributed by atoms with Crippen LogP contribution in [0.2, 0.25) is 0 Å². The van der Waals surface area contributed by atoms with Crippen LogP contribution in [0.4, 0.5) is 5.69 Å². The third-order valence-electron chi connectivity index (χ3n) is 4.69. The number of benzene rings is 2. The molecule has 0 bridgehead atoms. The van der Waals surface area contributed by atoms with Crippen molar-refractivity contribution in [2.45, 2.75) is 43.3 Å². The zero-order valence-electron chi connectivity index (χ0n) is 16.0. The van der Waals surface area contributed by atoms with Crippen molar-refractivity contribution in [3.05, 3.63) is 59.2 Å². The maximum absolute atomic E-state index is 12.6. The van der Waals surface area contributed by atoms with Crippen LogP contribution >= 0.6 is 11.8 Å². The molecule has 28 heavy (non-hydrogen) atoms. The van der Waals surface area contributed by atoms with Gasteiger partial charge in [0.05, 0.1) is 17.4 Å². The highest BCUT2D eigenvalue weighted by Gasteiger charge is 2.29. The van der Waals surface area contributed by atoms with E-state index < -0.39 is 11.2 Å². The van der Waals surface area contributed by atoms with Gasteiger partial charge >= 0.3 is 5.97 Å². The smallest absolute Gasteiger partial charge is 0.307 e. The number of hydrogen-bond acceptors (Lipinski definition) is 5. The lowest BCUT2D eigenvalue weighted by molar-refractivity contribution is -0.143. The maximum Gasteiger partial charge on any atom is 0.307 e. The molecule has 0 saturated carbocycles. The number of carbonyl (C=O) groups excluding carboxylic acids is 3. The number of thioether (sulfide) groups is 1. The minimum absolute atomic E-state index is 0.0756. The molecule has 1 N–H and O–H groups in total. The molecule has 1 aliphatic heterocycles. The number of nitrogens with one attached hydrogen (secondary N) is 1. The molecule has 0 radical (unpaired) electrons. The second kappa shape index (κ2) is 9.06. The Morgan fingerprint density at radius 3 is 2.64 bits per heavy atom. The monoisotopic (exact) mass is 397 g/mol. The van der Waals surface area contributed by atoms with Crippen LogP contribution in [0.15, 0.2) is 47.4 Å². The molecule has 2 aromatic rings. The minimum Gasteiger partial charge on any atom is -0.457 e. The molecule has 3 rings (SSSR count). The maximum atomic E-state index is 12.6. The van der Waals surface area contributed by atoms with E-state index in [1.54, 1.807) is 0 Å². The van der Waals surface area contributed by atoms with Gasteiger partial charge in [0.1, 0.15) is 0 Å². The molecule has 1 atom stereocenters. The van der Waals surface area contributed by atoms with Gasteiger partial charge in [-0.15, -0.1) is 11.8 Å². The average Bonchev–Trinajstić information content (AvgIpc) is 2.72. The Balaban J connectivity index is 1.59. The fourth-order valence-corrected chi connectivity index (χ4v) is 4.17. The summed E-state index contributed by atoms with van der Waals surface area (Å²) < 4.78 is 5.19. The summed E-state index contributed by atoms with van der Waals surface area (Å²) in [6, 6.07) is 13.3. The van der Waals surface area contributed by atoms with Crippen LogP contribution in [-0.4, -0.2) is 29.5 Å². The Hall–Kier alpha value is -2.60. The molecule has 146 valence electrons. The highest BCUT2D eigenvalue weighted by molar-refractivity contribution is 8.01. The first-order chi connectivity index (χ1) is 13.5. The largest absolute Gasteiger partial charge is 0.457 e. The Labute approximate surface area is 168 Å². The van der Waals surface area contributed by atoms with Crippen LogP contribution < -0.4 is 5.32 Å². The second-order valence-electron chi connectivity index (χ2n) is 6.58. The highest BCUT2D eigenvalue weighted by Crippen LogP contribution is 2.36. The van der Waals surface area contributed by atoms with E-state index in [0.717, 1.165) is 34.6 Å². The van der Waals surface area contributed by atoms with Gasteiger partial charge in [-0.2, -0.15) is 0 Å². The number of fused-ring (bicyclic) bond motifs is 1. The first kappa shape index (κ1) is 20.1. The van der Waals surface area contributed by atoms with E-state index in [-0.39, 0.29) is 24.7 Å². The third-order valence-corrected chi connectivity index (χ3v) is 5.96. The summed E-state index contributed by atoms with van der Waals surface area (Å²) in [7, 11) is 0. The number of para-hydroxylation sites is 1. The van der Waals surface area contributed by atoms with Crippen molar-refractivity contribution in [2.24, 2.45) is 0 Å². The molecule has 0 saturated heterocycles. The lowest BCUT2D eigenvalue weighted by Gasteiger charge is -2.23. The summed E-state index contributed by atoms with van der Waals surface area (Å²) in [4.78, 5) is 37.9. The number of ketones is 1. The molecule has 1 aliphatic rings. The number of rotatable bonds is 7. The molecule has 0 spiro atoms. The van der Waals surface area contributed by atoms with Gasteiger partial charge in [-0.05, 0) is 42.2 Å². The van der Waals surface area contributed by atoms with E-state index >= 15 is 0 Å². The normalized spacial score (nSPS) is 15.5. The third kappa shape index (κ3) is 4.62. The van der Waals surface area contributed by atoms with Gasteiger partial charge in [-0.25, -0.2) is 0 Å². The second-order valence-corrected chi connectivity index (χ2v) is 7.82. The molecular formula is C22H23NO4S. The van der Waals surface area contributed by atoms with Crippen molar-refractivity contribution in [1.82, 2.24) is 0 Å². The molecule has 2 aromatic carbocycles. The molecule has 5 nitrogen and oxygen atoms in total. The number of Topliss-reactive ketones (excluding diaryl/α,β-unsaturated/α-hetero) is 1. The molecule has 1 heterocycles. The van der Waals surface area contributed by atoms with Gasteiger partial charge in [0, 0.05) is 10.5 Å². The Bertz CT molecular complexity index is 909. The van der Waals surface area contributed by atoms with Crippen molar-refractivity contribution < 1.29 is 19.1 Å². The number of esters is 1. The number of aryl methyl sites for hydroxylation is 2. The zero-order valence-corrected chi connectivity index (χ0v) is 16.8. The summed E-state index contributed by atoms with van der Waals surface area (Å²) in [6.07, 6.45) is 1.49. The number of hydrogen-bond donors (Lipinski definition) is 1. The van der Waals surface area contributed by atoms with Crippen LogP contribution in [0.3, 0.4) is 0 Å². The summed E-state index contributed by atoms with van der Waals surface area (Å²) >= 11 is 1.34. The van der Waals surface area contributed by atoms with Gasteiger partial charge < -0.3 is 10.1 Å². The lowest BCUT2D eigenvalue weighted by atomic mass is 9.98. The fourth-order valence-electron chi connectivity index (χ4n) is 3.07. The van der Waals surface area contributed by atoms with Crippen LogP contribution in [-0.2, 0) is 27.2 Å². The van der Waals surface area contributed by atoms with Crippen molar-refractivity contribution in [3.63, 3.8) is 0 Å². The molecule has 6 heteroatoms. The first-order valence-corrected chi connectivity index (χ1v) is 10.3.